The number of nitrogens with one attached hydrogen (secondary N) is 1. The highest BCUT2D eigenvalue weighted by atomic mass is 35.5. The van der Waals surface area contributed by atoms with Crippen molar-refractivity contribution in [1.29, 1.82) is 0 Å². The molecule has 0 aliphatic carbocycles. The van der Waals surface area contributed by atoms with Crippen LogP contribution in [0.5, 0.6) is 0 Å². The fourth-order valence-electron chi connectivity index (χ4n) is 1.23. The van der Waals surface area contributed by atoms with E-state index in [1.54, 1.807) is 18.2 Å². The second-order valence-corrected chi connectivity index (χ2v) is 5.14. The summed E-state index contributed by atoms with van der Waals surface area (Å²) in [6.07, 6.45) is 0.898. The monoisotopic (exact) mass is 261 g/mol. The average molecular weight is 262 g/mol. The van der Waals surface area contributed by atoms with Gasteiger partial charge in [0.15, 0.2) is 0 Å². The molecule has 0 saturated heterocycles. The Kier molecular flexibility index (Phi) is 4.90. The zero-order chi connectivity index (χ0) is 12.2. The zero-order valence-electron chi connectivity index (χ0n) is 9.56. The van der Waals surface area contributed by atoms with Gasteiger partial charge in [-0.3, -0.25) is 0 Å². The smallest absolute Gasteiger partial charge is 0.0638 e. The van der Waals surface area contributed by atoms with Gasteiger partial charge in [0.25, 0.3) is 0 Å². The largest absolute Gasteiger partial charge is 0.396 e. The number of aliphatic hydroxyl groups is 1. The Balaban J connectivity index is 2.70. The normalized spacial score (nSPS) is 14.6. The van der Waals surface area contributed by atoms with Gasteiger partial charge in [0.05, 0.1) is 17.3 Å². The van der Waals surface area contributed by atoms with Crippen molar-refractivity contribution in [1.82, 2.24) is 0 Å². The molecule has 0 saturated carbocycles. The molecule has 2 nitrogen and oxygen atoms in total. The first-order chi connectivity index (χ1) is 7.50. The van der Waals surface area contributed by atoms with E-state index in [0.717, 1.165) is 12.1 Å². The Morgan fingerprint density at radius 3 is 2.62 bits per heavy atom. The van der Waals surface area contributed by atoms with Crippen molar-refractivity contribution >= 4 is 28.9 Å². The number of benzene rings is 1. The Morgan fingerprint density at radius 1 is 1.38 bits per heavy atom. The summed E-state index contributed by atoms with van der Waals surface area (Å²) in [6, 6.07) is 5.30. The summed E-state index contributed by atoms with van der Waals surface area (Å²) < 4.78 is 0. The Bertz CT molecular complexity index is 351. The SMILES string of the molecule is CCC(C)(CO)CNc1cc(Cl)ccc1Cl. The first-order valence-electron chi connectivity index (χ1n) is 5.30. The van der Waals surface area contributed by atoms with Crippen molar-refractivity contribution in [3.63, 3.8) is 0 Å². The molecule has 0 amide bonds. The standard InChI is InChI=1S/C12H17Cl2NO/c1-3-12(2,8-16)7-15-11-6-9(13)4-5-10(11)14/h4-6,15-16H,3,7-8H2,1-2H3. The molecule has 0 aliphatic rings. The molecule has 90 valence electrons. The van der Waals surface area contributed by atoms with E-state index in [1.165, 1.54) is 0 Å². The second-order valence-electron chi connectivity index (χ2n) is 4.30. The van der Waals surface area contributed by atoms with Crippen molar-refractivity contribution < 1.29 is 5.11 Å². The van der Waals surface area contributed by atoms with Crippen LogP contribution in [0.4, 0.5) is 5.69 Å². The fraction of sp³-hybridized carbons (Fsp3) is 0.500. The lowest BCUT2D eigenvalue weighted by Crippen LogP contribution is -2.29. The molecular formula is C12H17Cl2NO. The van der Waals surface area contributed by atoms with Gasteiger partial charge in [-0.1, -0.05) is 37.0 Å². The van der Waals surface area contributed by atoms with Crippen molar-refractivity contribution in [2.75, 3.05) is 18.5 Å². The van der Waals surface area contributed by atoms with Gasteiger partial charge >= 0.3 is 0 Å². The molecule has 0 radical (unpaired) electrons. The summed E-state index contributed by atoms with van der Waals surface area (Å²) in [5.41, 5.74) is 0.674. The third-order valence-electron chi connectivity index (χ3n) is 2.87. The fourth-order valence-corrected chi connectivity index (χ4v) is 1.59. The quantitative estimate of drug-likeness (QED) is 0.845. The molecule has 0 fully saturated rings. The van der Waals surface area contributed by atoms with Gasteiger partial charge in [-0.25, -0.2) is 0 Å². The minimum Gasteiger partial charge on any atom is -0.396 e. The van der Waals surface area contributed by atoms with E-state index in [0.29, 0.717) is 16.6 Å². The molecule has 1 rings (SSSR count). The molecule has 0 heterocycles. The van der Waals surface area contributed by atoms with Crippen LogP contribution < -0.4 is 5.32 Å². The summed E-state index contributed by atoms with van der Waals surface area (Å²) in [5, 5.41) is 13.8. The number of rotatable bonds is 5. The second kappa shape index (κ2) is 5.76. The minimum absolute atomic E-state index is 0.133. The van der Waals surface area contributed by atoms with Crippen LogP contribution in [0.1, 0.15) is 20.3 Å². The number of halogens is 2. The van der Waals surface area contributed by atoms with Gasteiger partial charge in [-0.05, 0) is 24.6 Å². The Labute approximate surface area is 107 Å². The molecule has 2 N–H and O–H groups in total. The highest BCUT2D eigenvalue weighted by Gasteiger charge is 2.20. The van der Waals surface area contributed by atoms with Crippen LogP contribution in [0.2, 0.25) is 10.0 Å². The lowest BCUT2D eigenvalue weighted by Gasteiger charge is -2.26. The van der Waals surface area contributed by atoms with Crippen LogP contribution in [0.15, 0.2) is 18.2 Å². The predicted molar refractivity (Wildman–Crippen MR) is 70.4 cm³/mol. The van der Waals surface area contributed by atoms with Gasteiger partial charge < -0.3 is 10.4 Å². The van der Waals surface area contributed by atoms with Crippen LogP contribution in [0, 0.1) is 5.41 Å². The molecule has 0 bridgehead atoms. The highest BCUT2D eigenvalue weighted by molar-refractivity contribution is 6.35. The van der Waals surface area contributed by atoms with E-state index in [4.69, 9.17) is 23.2 Å². The Hall–Kier alpha value is -0.440. The van der Waals surface area contributed by atoms with E-state index < -0.39 is 0 Å². The summed E-state index contributed by atoms with van der Waals surface area (Å²) in [5.74, 6) is 0. The molecule has 16 heavy (non-hydrogen) atoms. The van der Waals surface area contributed by atoms with Crippen LogP contribution in [0.3, 0.4) is 0 Å². The summed E-state index contributed by atoms with van der Waals surface area (Å²) in [4.78, 5) is 0. The van der Waals surface area contributed by atoms with E-state index in [1.807, 2.05) is 6.92 Å². The van der Waals surface area contributed by atoms with Crippen LogP contribution in [-0.2, 0) is 0 Å². The van der Waals surface area contributed by atoms with E-state index >= 15 is 0 Å². The maximum Gasteiger partial charge on any atom is 0.0638 e. The molecule has 0 aromatic heterocycles. The average Bonchev–Trinajstić information content (AvgIpc) is 2.30. The molecule has 4 heteroatoms. The summed E-state index contributed by atoms with van der Waals surface area (Å²) in [6.45, 7) is 4.89. The summed E-state index contributed by atoms with van der Waals surface area (Å²) in [7, 11) is 0. The minimum atomic E-state index is -0.133. The third-order valence-corrected chi connectivity index (χ3v) is 3.43. The molecular weight excluding hydrogens is 245 g/mol. The first kappa shape index (κ1) is 13.6. The van der Waals surface area contributed by atoms with E-state index in [-0.39, 0.29) is 12.0 Å². The zero-order valence-corrected chi connectivity index (χ0v) is 11.1. The molecule has 1 atom stereocenters. The lowest BCUT2D eigenvalue weighted by molar-refractivity contribution is 0.149. The topological polar surface area (TPSA) is 32.3 Å². The molecule has 0 spiro atoms. The van der Waals surface area contributed by atoms with Crippen molar-refractivity contribution in [2.45, 2.75) is 20.3 Å². The van der Waals surface area contributed by atoms with Gasteiger partial charge in [0, 0.05) is 17.0 Å². The van der Waals surface area contributed by atoms with Crippen molar-refractivity contribution in [2.24, 2.45) is 5.41 Å². The van der Waals surface area contributed by atoms with Gasteiger partial charge in [0.2, 0.25) is 0 Å². The maximum atomic E-state index is 9.29. The molecule has 1 aromatic rings. The lowest BCUT2D eigenvalue weighted by atomic mass is 9.88. The third kappa shape index (κ3) is 3.55. The molecule has 1 aromatic carbocycles. The number of aliphatic hydroxyl groups excluding tert-OH is 1. The van der Waals surface area contributed by atoms with Gasteiger partial charge in [-0.2, -0.15) is 0 Å². The number of hydrogen-bond acceptors (Lipinski definition) is 2. The van der Waals surface area contributed by atoms with Crippen molar-refractivity contribution in [3.8, 4) is 0 Å². The van der Waals surface area contributed by atoms with E-state index in [9.17, 15) is 5.11 Å². The van der Waals surface area contributed by atoms with Crippen LogP contribution in [-0.4, -0.2) is 18.3 Å². The van der Waals surface area contributed by atoms with Gasteiger partial charge in [-0.15, -0.1) is 0 Å². The summed E-state index contributed by atoms with van der Waals surface area (Å²) >= 11 is 11.9. The van der Waals surface area contributed by atoms with Gasteiger partial charge in [0.1, 0.15) is 0 Å². The molecule has 1 unspecified atom stereocenters. The predicted octanol–water partition coefficient (Wildman–Crippen LogP) is 3.81. The van der Waals surface area contributed by atoms with Crippen LogP contribution in [0.25, 0.3) is 0 Å². The number of anilines is 1. The highest BCUT2D eigenvalue weighted by Crippen LogP contribution is 2.27. The maximum absolute atomic E-state index is 9.29. The number of hydrogen-bond donors (Lipinski definition) is 2. The van der Waals surface area contributed by atoms with E-state index in [2.05, 4.69) is 12.2 Å². The van der Waals surface area contributed by atoms with Crippen molar-refractivity contribution in [3.05, 3.63) is 28.2 Å². The molecule has 0 aliphatic heterocycles. The first-order valence-corrected chi connectivity index (χ1v) is 6.06. The Morgan fingerprint density at radius 2 is 2.06 bits per heavy atom. The van der Waals surface area contributed by atoms with Crippen LogP contribution >= 0.6 is 23.2 Å².